The van der Waals surface area contributed by atoms with Crippen LogP contribution in [0.5, 0.6) is 0 Å². The van der Waals surface area contributed by atoms with Crippen molar-refractivity contribution in [2.75, 3.05) is 5.32 Å². The predicted octanol–water partition coefficient (Wildman–Crippen LogP) is 2.91. The van der Waals surface area contributed by atoms with Crippen LogP contribution >= 0.6 is 0 Å². The smallest absolute Gasteiger partial charge is 0.0381 e. The first-order valence-corrected chi connectivity index (χ1v) is 4.56. The van der Waals surface area contributed by atoms with Gasteiger partial charge in [-0.25, -0.2) is 0 Å². The van der Waals surface area contributed by atoms with Crippen LogP contribution in [0.15, 0.2) is 18.2 Å². The van der Waals surface area contributed by atoms with E-state index in [9.17, 15) is 0 Å². The van der Waals surface area contributed by atoms with Gasteiger partial charge in [-0.2, -0.15) is 0 Å². The molecule has 2 rings (SSSR count). The Labute approximate surface area is 73.8 Å². The summed E-state index contributed by atoms with van der Waals surface area (Å²) < 4.78 is 0. The van der Waals surface area contributed by atoms with E-state index in [1.54, 1.807) is 0 Å². The van der Waals surface area contributed by atoms with Crippen LogP contribution in [0.3, 0.4) is 0 Å². The molecule has 0 aromatic heterocycles. The van der Waals surface area contributed by atoms with Crippen LogP contribution in [0.25, 0.3) is 0 Å². The quantitative estimate of drug-likeness (QED) is 0.617. The highest BCUT2D eigenvalue weighted by Crippen LogP contribution is 2.37. The number of fused-ring (bicyclic) bond motifs is 1. The topological polar surface area (TPSA) is 12.0 Å². The zero-order chi connectivity index (χ0) is 8.72. The van der Waals surface area contributed by atoms with Crippen molar-refractivity contribution < 1.29 is 0 Å². The fraction of sp³-hybridized carbons (Fsp3) is 0.455. The van der Waals surface area contributed by atoms with Crippen LogP contribution < -0.4 is 5.32 Å². The molecular weight excluding hydrogens is 146 g/mol. The molecule has 0 fully saturated rings. The van der Waals surface area contributed by atoms with E-state index >= 15 is 0 Å². The molecule has 0 spiro atoms. The molecule has 1 N–H and O–H groups in total. The summed E-state index contributed by atoms with van der Waals surface area (Å²) in [6.07, 6.45) is 0. The van der Waals surface area contributed by atoms with Gasteiger partial charge in [0.2, 0.25) is 0 Å². The van der Waals surface area contributed by atoms with Gasteiger partial charge < -0.3 is 5.32 Å². The Morgan fingerprint density at radius 1 is 1.25 bits per heavy atom. The number of anilines is 1. The summed E-state index contributed by atoms with van der Waals surface area (Å²) in [5, 5.41) is 3.49. The normalized spacial score (nSPS) is 26.6. The third-order valence-corrected chi connectivity index (χ3v) is 2.91. The number of aryl methyl sites for hydroxylation is 1. The lowest BCUT2D eigenvalue weighted by atomic mass is 9.94. The molecule has 1 nitrogen and oxygen atoms in total. The van der Waals surface area contributed by atoms with Gasteiger partial charge >= 0.3 is 0 Å². The molecule has 12 heavy (non-hydrogen) atoms. The highest BCUT2D eigenvalue weighted by atomic mass is 15.0. The average Bonchev–Trinajstić information content (AvgIpc) is 2.29. The monoisotopic (exact) mass is 161 g/mol. The number of rotatable bonds is 0. The minimum absolute atomic E-state index is 0.584. The van der Waals surface area contributed by atoms with Crippen LogP contribution in [-0.4, -0.2) is 6.04 Å². The molecule has 2 atom stereocenters. The van der Waals surface area contributed by atoms with E-state index in [4.69, 9.17) is 0 Å². The lowest BCUT2D eigenvalue weighted by Gasteiger charge is -2.10. The summed E-state index contributed by atoms with van der Waals surface area (Å²) in [4.78, 5) is 0. The van der Waals surface area contributed by atoms with Crippen LogP contribution in [0, 0.1) is 6.92 Å². The minimum atomic E-state index is 0.584. The highest BCUT2D eigenvalue weighted by molar-refractivity contribution is 5.61. The third kappa shape index (κ3) is 0.927. The van der Waals surface area contributed by atoms with Gasteiger partial charge in [0.25, 0.3) is 0 Å². The van der Waals surface area contributed by atoms with E-state index in [2.05, 4.69) is 44.3 Å². The molecule has 0 amide bonds. The Morgan fingerprint density at radius 3 is 2.67 bits per heavy atom. The number of nitrogens with one attached hydrogen (secondary N) is 1. The van der Waals surface area contributed by atoms with Crippen LogP contribution in [0.2, 0.25) is 0 Å². The van der Waals surface area contributed by atoms with E-state index in [0.29, 0.717) is 12.0 Å². The zero-order valence-corrected chi connectivity index (χ0v) is 7.89. The van der Waals surface area contributed by atoms with Gasteiger partial charge in [-0.1, -0.05) is 19.1 Å². The summed E-state index contributed by atoms with van der Waals surface area (Å²) in [6, 6.07) is 7.06. The first-order chi connectivity index (χ1) is 5.70. The Balaban J connectivity index is 2.55. The number of hydrogen-bond donors (Lipinski definition) is 1. The number of hydrogen-bond acceptors (Lipinski definition) is 1. The highest BCUT2D eigenvalue weighted by Gasteiger charge is 2.25. The van der Waals surface area contributed by atoms with Gasteiger partial charge in [-0.3, -0.25) is 0 Å². The van der Waals surface area contributed by atoms with Crippen molar-refractivity contribution >= 4 is 5.69 Å². The summed E-state index contributed by atoms with van der Waals surface area (Å²) in [7, 11) is 0. The molecule has 0 saturated heterocycles. The molecule has 64 valence electrons. The fourth-order valence-corrected chi connectivity index (χ4v) is 2.03. The van der Waals surface area contributed by atoms with E-state index in [1.165, 1.54) is 16.8 Å². The second-order valence-corrected chi connectivity index (χ2v) is 3.76. The second kappa shape index (κ2) is 2.51. The van der Waals surface area contributed by atoms with Gasteiger partial charge in [0.1, 0.15) is 0 Å². The van der Waals surface area contributed by atoms with Crippen molar-refractivity contribution in [2.45, 2.75) is 32.7 Å². The van der Waals surface area contributed by atoms with Gasteiger partial charge in [-0.15, -0.1) is 0 Å². The minimum Gasteiger partial charge on any atom is -0.382 e. The largest absolute Gasteiger partial charge is 0.382 e. The van der Waals surface area contributed by atoms with E-state index < -0.39 is 0 Å². The van der Waals surface area contributed by atoms with E-state index in [-0.39, 0.29) is 0 Å². The Morgan fingerprint density at radius 2 is 2.00 bits per heavy atom. The predicted molar refractivity (Wildman–Crippen MR) is 52.7 cm³/mol. The molecule has 2 unspecified atom stereocenters. The van der Waals surface area contributed by atoms with Crippen molar-refractivity contribution in [2.24, 2.45) is 0 Å². The van der Waals surface area contributed by atoms with Gasteiger partial charge in [0.05, 0.1) is 0 Å². The van der Waals surface area contributed by atoms with Gasteiger partial charge in [0.15, 0.2) is 0 Å². The maximum Gasteiger partial charge on any atom is 0.0381 e. The van der Waals surface area contributed by atoms with Crippen LogP contribution in [0.1, 0.15) is 30.9 Å². The Bertz CT molecular complexity index is 304. The van der Waals surface area contributed by atoms with Crippen molar-refractivity contribution in [1.29, 1.82) is 0 Å². The fourth-order valence-electron chi connectivity index (χ4n) is 2.03. The second-order valence-electron chi connectivity index (χ2n) is 3.76. The van der Waals surface area contributed by atoms with E-state index in [1.807, 2.05) is 0 Å². The summed E-state index contributed by atoms with van der Waals surface area (Å²) in [5.74, 6) is 0.654. The first-order valence-electron chi connectivity index (χ1n) is 4.56. The summed E-state index contributed by atoms with van der Waals surface area (Å²) >= 11 is 0. The van der Waals surface area contributed by atoms with E-state index in [0.717, 1.165) is 0 Å². The maximum absolute atomic E-state index is 3.49. The molecule has 1 aromatic carbocycles. The summed E-state index contributed by atoms with van der Waals surface area (Å²) in [5.41, 5.74) is 4.25. The van der Waals surface area contributed by atoms with Crippen molar-refractivity contribution in [3.63, 3.8) is 0 Å². The average molecular weight is 161 g/mol. The van der Waals surface area contributed by atoms with Gasteiger partial charge in [-0.05, 0) is 31.0 Å². The number of benzene rings is 1. The lowest BCUT2D eigenvalue weighted by molar-refractivity contribution is 0.687. The molecule has 1 heteroatoms. The Hall–Kier alpha value is -0.980. The molecule has 1 aliphatic rings. The van der Waals surface area contributed by atoms with Crippen LogP contribution in [-0.2, 0) is 0 Å². The third-order valence-electron chi connectivity index (χ3n) is 2.91. The molecule has 0 bridgehead atoms. The van der Waals surface area contributed by atoms with Gasteiger partial charge in [0, 0.05) is 17.6 Å². The molecular formula is C11H15N. The molecule has 0 radical (unpaired) electrons. The maximum atomic E-state index is 3.49. The molecule has 1 aromatic rings. The molecule has 1 aliphatic heterocycles. The zero-order valence-electron chi connectivity index (χ0n) is 7.89. The SMILES string of the molecule is Cc1cccc2c1C(C)C(C)N2. The Kier molecular flexibility index (Phi) is 1.60. The molecule has 1 heterocycles. The summed E-state index contributed by atoms with van der Waals surface area (Å²) in [6.45, 7) is 6.72. The van der Waals surface area contributed by atoms with Crippen molar-refractivity contribution in [1.82, 2.24) is 0 Å². The lowest BCUT2D eigenvalue weighted by Crippen LogP contribution is -2.12. The molecule has 0 aliphatic carbocycles. The van der Waals surface area contributed by atoms with Crippen molar-refractivity contribution in [3.05, 3.63) is 29.3 Å². The first kappa shape index (κ1) is 7.66. The standard InChI is InChI=1S/C11H15N/c1-7-5-4-6-10-11(7)8(2)9(3)12-10/h4-6,8-9,12H,1-3H3. The van der Waals surface area contributed by atoms with Crippen LogP contribution in [0.4, 0.5) is 5.69 Å². The van der Waals surface area contributed by atoms with Crippen molar-refractivity contribution in [3.8, 4) is 0 Å². The molecule has 0 saturated carbocycles.